The van der Waals surface area contributed by atoms with E-state index in [0.29, 0.717) is 6.04 Å². The number of para-hydroxylation sites is 1. The van der Waals surface area contributed by atoms with E-state index in [-0.39, 0.29) is 27.4 Å². The third-order valence-electron chi connectivity index (χ3n) is 7.17. The highest BCUT2D eigenvalue weighted by Gasteiger charge is 2.26. The Bertz CT molecular complexity index is 1260. The number of rotatable bonds is 6. The van der Waals surface area contributed by atoms with Crippen molar-refractivity contribution in [1.29, 1.82) is 0 Å². The van der Waals surface area contributed by atoms with Crippen LogP contribution in [0.25, 0.3) is 0 Å². The number of piperazine rings is 1. The Kier molecular flexibility index (Phi) is 8.28. The van der Waals surface area contributed by atoms with Crippen LogP contribution in [0.3, 0.4) is 0 Å². The van der Waals surface area contributed by atoms with Crippen LogP contribution in [0.4, 0.5) is 27.4 Å². The molecule has 0 aliphatic carbocycles. The molecule has 200 valence electrons. The Labute approximate surface area is 231 Å². The number of halogens is 3. The van der Waals surface area contributed by atoms with Crippen molar-refractivity contribution >= 4 is 52.1 Å². The van der Waals surface area contributed by atoms with Crippen LogP contribution in [0.5, 0.6) is 0 Å². The fourth-order valence-corrected chi connectivity index (χ4v) is 5.32. The minimum atomic E-state index is -0.692. The number of anilines is 4. The summed E-state index contributed by atoms with van der Waals surface area (Å²) < 4.78 is 14.1. The zero-order valence-electron chi connectivity index (χ0n) is 21.1. The number of amides is 1. The fraction of sp³-hybridized carbons (Fsp3) is 0.370. The maximum Gasteiger partial charge on any atom is 0.276 e. The summed E-state index contributed by atoms with van der Waals surface area (Å²) >= 11 is 12.2. The Morgan fingerprint density at radius 1 is 0.974 bits per heavy atom. The zero-order valence-corrected chi connectivity index (χ0v) is 22.6. The maximum absolute atomic E-state index is 14.1. The van der Waals surface area contributed by atoms with Gasteiger partial charge in [0, 0.05) is 56.7 Å². The van der Waals surface area contributed by atoms with Crippen molar-refractivity contribution in [1.82, 2.24) is 19.8 Å². The summed E-state index contributed by atoms with van der Waals surface area (Å²) in [6.07, 6.45) is 3.67. The van der Waals surface area contributed by atoms with Gasteiger partial charge in [-0.25, -0.2) is 14.4 Å². The third-order valence-corrected chi connectivity index (χ3v) is 7.76. The molecular formula is C27H30Cl2FN7O. The van der Waals surface area contributed by atoms with E-state index in [1.54, 1.807) is 0 Å². The first-order chi connectivity index (χ1) is 18.4. The van der Waals surface area contributed by atoms with Crippen molar-refractivity contribution in [3.05, 3.63) is 70.2 Å². The molecule has 0 saturated carbocycles. The zero-order chi connectivity index (χ0) is 26.6. The molecular weight excluding hydrogens is 528 g/mol. The number of nitrogens with one attached hydrogen (secondary N) is 2. The van der Waals surface area contributed by atoms with Crippen LogP contribution in [-0.2, 0) is 0 Å². The van der Waals surface area contributed by atoms with E-state index in [2.05, 4.69) is 54.5 Å². The number of carbonyl (C=O) groups is 1. The molecule has 0 atom stereocenters. The van der Waals surface area contributed by atoms with Gasteiger partial charge in [0.2, 0.25) is 5.95 Å². The molecule has 0 spiro atoms. The average Bonchev–Trinajstić information content (AvgIpc) is 2.93. The predicted octanol–water partition coefficient (Wildman–Crippen LogP) is 5.13. The van der Waals surface area contributed by atoms with Crippen molar-refractivity contribution < 1.29 is 9.18 Å². The normalized spacial score (nSPS) is 17.4. The fourth-order valence-electron chi connectivity index (χ4n) is 4.94. The number of carbonyl (C=O) groups excluding carboxylic acids is 1. The summed E-state index contributed by atoms with van der Waals surface area (Å²) in [6.45, 7) is 6.70. The first-order valence-corrected chi connectivity index (χ1v) is 13.5. The SMILES string of the molecule is CN1CCN(C2CCN(c3ccc(Nc4ncc(Cl)c(C(=O)Nc5c(F)cccc5Cl)n4)cc3)CC2)CC1. The second-order valence-corrected chi connectivity index (χ2v) is 10.5. The lowest BCUT2D eigenvalue weighted by molar-refractivity contribution is 0.0982. The highest BCUT2D eigenvalue weighted by atomic mass is 35.5. The number of hydrogen-bond acceptors (Lipinski definition) is 7. The summed E-state index contributed by atoms with van der Waals surface area (Å²) in [5.74, 6) is -1.15. The van der Waals surface area contributed by atoms with E-state index in [1.807, 2.05) is 12.1 Å². The molecule has 2 fully saturated rings. The molecule has 2 aromatic carbocycles. The average molecular weight is 558 g/mol. The molecule has 0 bridgehead atoms. The van der Waals surface area contributed by atoms with Crippen LogP contribution in [0.2, 0.25) is 10.0 Å². The lowest BCUT2D eigenvalue weighted by atomic mass is 10.0. The second kappa shape index (κ2) is 11.8. The molecule has 1 amide bonds. The summed E-state index contributed by atoms with van der Waals surface area (Å²) in [7, 11) is 2.19. The van der Waals surface area contributed by atoms with Crippen LogP contribution in [-0.4, -0.2) is 78.0 Å². The quantitative estimate of drug-likeness (QED) is 0.434. The van der Waals surface area contributed by atoms with E-state index in [0.717, 1.165) is 45.0 Å². The lowest BCUT2D eigenvalue weighted by Crippen LogP contribution is -2.52. The number of aromatic nitrogens is 2. The highest BCUT2D eigenvalue weighted by Crippen LogP contribution is 2.28. The largest absolute Gasteiger partial charge is 0.371 e. The van der Waals surface area contributed by atoms with Gasteiger partial charge in [-0.1, -0.05) is 29.3 Å². The standard InChI is InChI=1S/C27H30Cl2FN7O/c1-35-13-15-37(16-14-35)20-9-11-36(12-10-20)19-7-5-18(6-8-19)32-27-31-17-22(29)25(34-27)26(38)33-24-21(28)3-2-4-23(24)30/h2-8,17,20H,9-16H2,1H3,(H,33,38)(H,31,32,34). The van der Waals surface area contributed by atoms with Gasteiger partial charge in [0.25, 0.3) is 5.91 Å². The van der Waals surface area contributed by atoms with Crippen LogP contribution in [0, 0.1) is 5.82 Å². The Balaban J connectivity index is 1.19. The smallest absolute Gasteiger partial charge is 0.276 e. The van der Waals surface area contributed by atoms with Crippen molar-refractivity contribution in [2.24, 2.45) is 0 Å². The van der Waals surface area contributed by atoms with E-state index in [9.17, 15) is 9.18 Å². The molecule has 3 aromatic rings. The van der Waals surface area contributed by atoms with Crippen LogP contribution in [0.15, 0.2) is 48.7 Å². The number of piperidine rings is 1. The van der Waals surface area contributed by atoms with Crippen molar-refractivity contribution in [3.8, 4) is 0 Å². The molecule has 2 aliphatic heterocycles. The Hall–Kier alpha value is -2.98. The van der Waals surface area contributed by atoms with Gasteiger partial charge >= 0.3 is 0 Å². The van der Waals surface area contributed by atoms with Gasteiger partial charge in [0.15, 0.2) is 5.69 Å². The maximum atomic E-state index is 14.1. The van der Waals surface area contributed by atoms with Gasteiger partial charge < -0.3 is 20.4 Å². The van der Waals surface area contributed by atoms with Gasteiger partial charge in [-0.3, -0.25) is 9.69 Å². The Morgan fingerprint density at radius 2 is 1.68 bits per heavy atom. The molecule has 2 N–H and O–H groups in total. The summed E-state index contributed by atoms with van der Waals surface area (Å²) in [6, 6.07) is 12.9. The van der Waals surface area contributed by atoms with Crippen molar-refractivity contribution in [2.75, 3.05) is 61.8 Å². The second-order valence-electron chi connectivity index (χ2n) is 9.67. The summed E-state index contributed by atoms with van der Waals surface area (Å²) in [5.41, 5.74) is 1.72. The van der Waals surface area contributed by atoms with Crippen LogP contribution < -0.4 is 15.5 Å². The van der Waals surface area contributed by atoms with E-state index in [4.69, 9.17) is 23.2 Å². The Morgan fingerprint density at radius 3 is 2.37 bits per heavy atom. The molecule has 0 radical (unpaired) electrons. The molecule has 2 aliphatic rings. The molecule has 5 rings (SSSR count). The molecule has 1 aromatic heterocycles. The molecule has 8 nitrogen and oxygen atoms in total. The first-order valence-electron chi connectivity index (χ1n) is 12.7. The van der Waals surface area contributed by atoms with Gasteiger partial charge in [-0.2, -0.15) is 0 Å². The van der Waals surface area contributed by atoms with Gasteiger partial charge in [0.1, 0.15) is 5.82 Å². The van der Waals surface area contributed by atoms with Gasteiger partial charge in [0.05, 0.1) is 21.9 Å². The lowest BCUT2D eigenvalue weighted by Gasteiger charge is -2.42. The molecule has 2 saturated heterocycles. The number of benzene rings is 2. The number of hydrogen-bond donors (Lipinski definition) is 2. The molecule has 3 heterocycles. The van der Waals surface area contributed by atoms with Gasteiger partial charge in [-0.15, -0.1) is 0 Å². The molecule has 11 heteroatoms. The van der Waals surface area contributed by atoms with E-state index < -0.39 is 11.7 Å². The van der Waals surface area contributed by atoms with Crippen molar-refractivity contribution in [2.45, 2.75) is 18.9 Å². The topological polar surface area (TPSA) is 76.6 Å². The summed E-state index contributed by atoms with van der Waals surface area (Å²) in [4.78, 5) is 28.6. The number of likely N-dealkylation sites (N-methyl/N-ethyl adjacent to an activating group) is 1. The van der Waals surface area contributed by atoms with E-state index in [1.165, 1.54) is 42.9 Å². The first kappa shape index (κ1) is 26.6. The van der Waals surface area contributed by atoms with Gasteiger partial charge in [-0.05, 0) is 56.3 Å². The predicted molar refractivity (Wildman–Crippen MR) is 150 cm³/mol. The minimum Gasteiger partial charge on any atom is -0.371 e. The van der Waals surface area contributed by atoms with Crippen molar-refractivity contribution in [3.63, 3.8) is 0 Å². The number of nitrogens with zero attached hydrogens (tertiary/aromatic N) is 5. The monoisotopic (exact) mass is 557 g/mol. The van der Waals surface area contributed by atoms with Crippen LogP contribution >= 0.6 is 23.2 Å². The van der Waals surface area contributed by atoms with E-state index >= 15 is 0 Å². The molecule has 0 unspecified atom stereocenters. The molecule has 38 heavy (non-hydrogen) atoms. The summed E-state index contributed by atoms with van der Waals surface area (Å²) in [5, 5.41) is 5.66. The minimum absolute atomic E-state index is 0.0378. The third kappa shape index (κ3) is 6.18. The highest BCUT2D eigenvalue weighted by molar-refractivity contribution is 6.35. The van der Waals surface area contributed by atoms with Crippen LogP contribution in [0.1, 0.15) is 23.3 Å².